The van der Waals surface area contributed by atoms with Crippen molar-refractivity contribution in [3.8, 4) is 0 Å². The maximum absolute atomic E-state index is 3.84. The van der Waals surface area contributed by atoms with Gasteiger partial charge in [-0.3, -0.25) is 0 Å². The Hall–Kier alpha value is -1.69. The molecular formula is C20H16BrP. The van der Waals surface area contributed by atoms with Crippen molar-refractivity contribution >= 4 is 44.9 Å². The molecule has 22 heavy (non-hydrogen) atoms. The van der Waals surface area contributed by atoms with Gasteiger partial charge >= 0.3 is 0 Å². The molecule has 0 saturated heterocycles. The Kier molecular flexibility index (Phi) is 5.21. The van der Waals surface area contributed by atoms with Gasteiger partial charge in [0, 0.05) is 6.62 Å². The van der Waals surface area contributed by atoms with Gasteiger partial charge < -0.3 is 0 Å². The van der Waals surface area contributed by atoms with E-state index in [0.29, 0.717) is 0 Å². The predicted octanol–water partition coefficient (Wildman–Crippen LogP) is 5.60. The van der Waals surface area contributed by atoms with Gasteiger partial charge in [-0.2, -0.15) is 0 Å². The molecule has 0 fully saturated rings. The summed E-state index contributed by atoms with van der Waals surface area (Å²) in [6.07, 6.45) is 4.29. The van der Waals surface area contributed by atoms with Crippen LogP contribution >= 0.6 is 22.1 Å². The average molecular weight is 367 g/mol. The summed E-state index contributed by atoms with van der Waals surface area (Å²) in [5.41, 5.74) is 2.44. The first-order valence-corrected chi connectivity index (χ1v) is 10.5. The van der Waals surface area contributed by atoms with Gasteiger partial charge in [-0.1, -0.05) is 97.1 Å². The minimum atomic E-state index is -0.448. The molecule has 0 N–H and O–H groups in total. The van der Waals surface area contributed by atoms with E-state index in [0.717, 1.165) is 0 Å². The third kappa shape index (κ3) is 3.94. The molecule has 0 aliphatic heterocycles. The van der Waals surface area contributed by atoms with E-state index in [1.165, 1.54) is 21.7 Å². The van der Waals surface area contributed by atoms with Gasteiger partial charge in [0.15, 0.2) is 0 Å². The summed E-state index contributed by atoms with van der Waals surface area (Å²) in [7, 11) is 0. The van der Waals surface area contributed by atoms with Crippen LogP contribution in [-0.2, 0) is 0 Å². The predicted molar refractivity (Wildman–Crippen MR) is 103 cm³/mol. The van der Waals surface area contributed by atoms with Crippen molar-refractivity contribution in [3.05, 3.63) is 96.1 Å². The molecule has 3 aromatic rings. The largest absolute Gasteiger partial charge is 0.0622 e. The van der Waals surface area contributed by atoms with Gasteiger partial charge in [0.1, 0.15) is 0 Å². The average Bonchev–Trinajstić information content (AvgIpc) is 2.61. The molecular weight excluding hydrogens is 351 g/mol. The fraction of sp³-hybridized carbons (Fsp3) is 0. The fourth-order valence-electron chi connectivity index (χ4n) is 2.18. The Morgan fingerprint density at radius 3 is 1.59 bits per heavy atom. The standard InChI is InChI=1S/C20H16BrP/c21-22(19-9-5-2-6-10-19)20-15-13-18(14-16-20)12-11-17-7-3-1-4-8-17/h1-16H/b12-11+. The van der Waals surface area contributed by atoms with Crippen LogP contribution in [0.2, 0.25) is 0 Å². The van der Waals surface area contributed by atoms with Gasteiger partial charge in [-0.25, -0.2) is 0 Å². The van der Waals surface area contributed by atoms with E-state index in [9.17, 15) is 0 Å². The normalized spacial score (nSPS) is 12.4. The van der Waals surface area contributed by atoms with E-state index in [2.05, 4.69) is 107 Å². The van der Waals surface area contributed by atoms with Gasteiger partial charge in [0.25, 0.3) is 0 Å². The molecule has 0 aliphatic carbocycles. The molecule has 0 radical (unpaired) electrons. The Morgan fingerprint density at radius 1 is 0.545 bits per heavy atom. The second-order valence-electron chi connectivity index (χ2n) is 4.95. The summed E-state index contributed by atoms with van der Waals surface area (Å²) in [5, 5.41) is 2.67. The highest BCUT2D eigenvalue weighted by atomic mass is 79.9. The minimum absolute atomic E-state index is 0.448. The molecule has 0 bridgehead atoms. The van der Waals surface area contributed by atoms with Crippen molar-refractivity contribution in [1.82, 2.24) is 0 Å². The monoisotopic (exact) mass is 366 g/mol. The zero-order valence-corrected chi connectivity index (χ0v) is 14.5. The summed E-state index contributed by atoms with van der Waals surface area (Å²) < 4.78 is 0. The van der Waals surface area contributed by atoms with E-state index >= 15 is 0 Å². The Balaban J connectivity index is 1.74. The smallest absolute Gasteiger partial charge is 0.0265 e. The molecule has 0 aliphatic rings. The van der Waals surface area contributed by atoms with Gasteiger partial charge in [0.05, 0.1) is 0 Å². The van der Waals surface area contributed by atoms with Gasteiger partial charge in [0.2, 0.25) is 0 Å². The minimum Gasteiger partial charge on any atom is -0.0622 e. The highest BCUT2D eigenvalue weighted by Crippen LogP contribution is 2.41. The summed E-state index contributed by atoms with van der Waals surface area (Å²) in [6.45, 7) is -0.448. The molecule has 0 aromatic heterocycles. The first kappa shape index (κ1) is 15.2. The zero-order valence-electron chi connectivity index (χ0n) is 12.1. The SMILES string of the molecule is BrP(c1ccccc1)c1ccc(/C=C/c2ccccc2)cc1. The Labute approximate surface area is 141 Å². The lowest BCUT2D eigenvalue weighted by Crippen LogP contribution is -2.06. The van der Waals surface area contributed by atoms with Crippen LogP contribution in [0.15, 0.2) is 84.9 Å². The van der Waals surface area contributed by atoms with Crippen LogP contribution in [-0.4, -0.2) is 0 Å². The van der Waals surface area contributed by atoms with Gasteiger partial charge in [-0.05, 0) is 37.2 Å². The number of benzene rings is 3. The third-order valence-electron chi connectivity index (χ3n) is 3.37. The van der Waals surface area contributed by atoms with Crippen LogP contribution < -0.4 is 10.6 Å². The molecule has 1 unspecified atom stereocenters. The second kappa shape index (κ2) is 7.54. The van der Waals surface area contributed by atoms with Crippen LogP contribution in [0, 0.1) is 0 Å². The highest BCUT2D eigenvalue weighted by Gasteiger charge is 2.08. The van der Waals surface area contributed by atoms with Gasteiger partial charge in [-0.15, -0.1) is 0 Å². The van der Waals surface area contributed by atoms with Crippen LogP contribution in [0.3, 0.4) is 0 Å². The molecule has 108 valence electrons. The quantitative estimate of drug-likeness (QED) is 0.416. The number of rotatable bonds is 4. The van der Waals surface area contributed by atoms with Crippen molar-refractivity contribution in [1.29, 1.82) is 0 Å². The first-order chi connectivity index (χ1) is 10.8. The van der Waals surface area contributed by atoms with E-state index in [1.54, 1.807) is 0 Å². The summed E-state index contributed by atoms with van der Waals surface area (Å²) in [4.78, 5) is 0. The lowest BCUT2D eigenvalue weighted by atomic mass is 10.1. The van der Waals surface area contributed by atoms with Crippen molar-refractivity contribution in [2.75, 3.05) is 0 Å². The summed E-state index contributed by atoms with van der Waals surface area (Å²) in [5.74, 6) is 0. The lowest BCUT2D eigenvalue weighted by Gasteiger charge is -2.10. The van der Waals surface area contributed by atoms with Crippen LogP contribution in [0.1, 0.15) is 11.1 Å². The molecule has 0 spiro atoms. The summed E-state index contributed by atoms with van der Waals surface area (Å²) >= 11 is 3.84. The first-order valence-electron chi connectivity index (χ1n) is 7.17. The van der Waals surface area contributed by atoms with E-state index < -0.39 is 6.62 Å². The van der Waals surface area contributed by atoms with E-state index in [4.69, 9.17) is 0 Å². The molecule has 1 atom stereocenters. The molecule has 0 saturated carbocycles. The van der Waals surface area contributed by atoms with Crippen molar-refractivity contribution in [2.45, 2.75) is 0 Å². The molecule has 3 aromatic carbocycles. The zero-order chi connectivity index (χ0) is 15.2. The van der Waals surface area contributed by atoms with Crippen LogP contribution in [0.4, 0.5) is 0 Å². The number of hydrogen-bond donors (Lipinski definition) is 0. The van der Waals surface area contributed by atoms with Crippen molar-refractivity contribution < 1.29 is 0 Å². The molecule has 0 heterocycles. The number of halogens is 1. The second-order valence-corrected chi connectivity index (χ2v) is 8.67. The lowest BCUT2D eigenvalue weighted by molar-refractivity contribution is 1.66. The fourth-order valence-corrected chi connectivity index (χ4v) is 4.74. The molecule has 0 nitrogen and oxygen atoms in total. The Morgan fingerprint density at radius 2 is 1.00 bits per heavy atom. The van der Waals surface area contributed by atoms with Crippen LogP contribution in [0.5, 0.6) is 0 Å². The molecule has 2 heteroatoms. The highest BCUT2D eigenvalue weighted by molar-refractivity contribution is 9.40. The molecule has 0 amide bonds. The third-order valence-corrected chi connectivity index (χ3v) is 7.33. The van der Waals surface area contributed by atoms with E-state index in [-0.39, 0.29) is 0 Å². The van der Waals surface area contributed by atoms with E-state index in [1.807, 2.05) is 6.07 Å². The summed E-state index contributed by atoms with van der Waals surface area (Å²) in [6, 6.07) is 29.7. The van der Waals surface area contributed by atoms with Crippen molar-refractivity contribution in [2.24, 2.45) is 0 Å². The van der Waals surface area contributed by atoms with Crippen LogP contribution in [0.25, 0.3) is 12.2 Å². The number of hydrogen-bond acceptors (Lipinski definition) is 0. The molecule has 3 rings (SSSR count). The van der Waals surface area contributed by atoms with Crippen molar-refractivity contribution in [3.63, 3.8) is 0 Å². The maximum Gasteiger partial charge on any atom is 0.0265 e. The maximum atomic E-state index is 3.84. The topological polar surface area (TPSA) is 0 Å². The Bertz CT molecular complexity index is 734.